The van der Waals surface area contributed by atoms with Crippen LogP contribution >= 0.6 is 11.8 Å². The summed E-state index contributed by atoms with van der Waals surface area (Å²) in [5.74, 6) is 0. The largest absolute Gasteiger partial charge is 0.335 e. The number of rotatable bonds is 4. The number of carbonyl (C=O) groups is 1. The van der Waals surface area contributed by atoms with Crippen LogP contribution in [0.1, 0.15) is 37.7 Å². The predicted octanol–water partition coefficient (Wildman–Crippen LogP) is 3.54. The lowest BCUT2D eigenvalue weighted by molar-refractivity contribution is 0.232. The average molecular weight is 278 g/mol. The lowest BCUT2D eigenvalue weighted by atomic mass is 9.96. The van der Waals surface area contributed by atoms with Gasteiger partial charge in [-0.1, -0.05) is 31.4 Å². The van der Waals surface area contributed by atoms with Crippen molar-refractivity contribution in [2.45, 2.75) is 49.6 Å². The van der Waals surface area contributed by atoms with Crippen LogP contribution in [0.2, 0.25) is 0 Å². The summed E-state index contributed by atoms with van der Waals surface area (Å²) >= 11 is 1.73. The molecule has 0 unspecified atom stereocenters. The SMILES string of the molecule is CSc1ccc(CNC(=O)NC2CCCCC2)cc1. The molecule has 0 heterocycles. The molecule has 1 fully saturated rings. The van der Waals surface area contributed by atoms with Crippen LogP contribution in [0, 0.1) is 0 Å². The van der Waals surface area contributed by atoms with Crippen molar-refractivity contribution in [3.05, 3.63) is 29.8 Å². The molecule has 1 aromatic rings. The van der Waals surface area contributed by atoms with Crippen molar-refractivity contribution in [2.75, 3.05) is 6.26 Å². The summed E-state index contributed by atoms with van der Waals surface area (Å²) in [6.07, 6.45) is 8.08. The van der Waals surface area contributed by atoms with Crippen LogP contribution in [0.3, 0.4) is 0 Å². The third-order valence-electron chi connectivity index (χ3n) is 3.55. The molecule has 4 heteroatoms. The molecule has 0 aromatic heterocycles. The summed E-state index contributed by atoms with van der Waals surface area (Å²) in [5, 5.41) is 5.98. The Balaban J connectivity index is 1.72. The summed E-state index contributed by atoms with van der Waals surface area (Å²) in [4.78, 5) is 13.0. The number of nitrogens with one attached hydrogen (secondary N) is 2. The average Bonchev–Trinajstić information content (AvgIpc) is 2.47. The number of amides is 2. The number of urea groups is 1. The third kappa shape index (κ3) is 4.78. The Bertz CT molecular complexity index is 399. The minimum absolute atomic E-state index is 0.0409. The van der Waals surface area contributed by atoms with Gasteiger partial charge >= 0.3 is 6.03 Å². The number of hydrogen-bond acceptors (Lipinski definition) is 2. The maximum Gasteiger partial charge on any atom is 0.315 e. The molecule has 19 heavy (non-hydrogen) atoms. The van der Waals surface area contributed by atoms with Crippen LogP contribution in [0.5, 0.6) is 0 Å². The summed E-state index contributed by atoms with van der Waals surface area (Å²) in [5.41, 5.74) is 1.14. The first kappa shape index (κ1) is 14.3. The molecule has 1 aromatic carbocycles. The van der Waals surface area contributed by atoms with Crippen LogP contribution in [0.4, 0.5) is 4.79 Å². The van der Waals surface area contributed by atoms with Gasteiger partial charge in [0.05, 0.1) is 0 Å². The third-order valence-corrected chi connectivity index (χ3v) is 4.30. The molecular weight excluding hydrogens is 256 g/mol. The first-order valence-electron chi connectivity index (χ1n) is 6.95. The van der Waals surface area contributed by atoms with Crippen LogP contribution in [0.25, 0.3) is 0 Å². The van der Waals surface area contributed by atoms with E-state index in [1.807, 2.05) is 0 Å². The van der Waals surface area contributed by atoms with Gasteiger partial charge in [0, 0.05) is 17.5 Å². The van der Waals surface area contributed by atoms with Gasteiger partial charge in [-0.2, -0.15) is 0 Å². The molecule has 2 rings (SSSR count). The Labute approximate surface area is 119 Å². The molecule has 3 nitrogen and oxygen atoms in total. The van der Waals surface area contributed by atoms with Crippen LogP contribution in [-0.2, 0) is 6.54 Å². The number of carbonyl (C=O) groups excluding carboxylic acids is 1. The van der Waals surface area contributed by atoms with Crippen LogP contribution in [0.15, 0.2) is 29.2 Å². The number of hydrogen-bond donors (Lipinski definition) is 2. The van der Waals surface area contributed by atoms with E-state index in [-0.39, 0.29) is 6.03 Å². The van der Waals surface area contributed by atoms with Gasteiger partial charge in [-0.05, 0) is 36.8 Å². The van der Waals surface area contributed by atoms with E-state index >= 15 is 0 Å². The minimum atomic E-state index is -0.0409. The van der Waals surface area contributed by atoms with E-state index in [2.05, 4.69) is 41.2 Å². The molecule has 104 valence electrons. The fraction of sp³-hybridized carbons (Fsp3) is 0.533. The van der Waals surface area contributed by atoms with E-state index in [9.17, 15) is 4.79 Å². The molecular formula is C15H22N2OS. The maximum atomic E-state index is 11.8. The van der Waals surface area contributed by atoms with Gasteiger partial charge in [0.15, 0.2) is 0 Å². The highest BCUT2D eigenvalue weighted by Crippen LogP contribution is 2.17. The zero-order chi connectivity index (χ0) is 13.5. The summed E-state index contributed by atoms with van der Waals surface area (Å²) in [6, 6.07) is 8.62. The van der Waals surface area contributed by atoms with Gasteiger partial charge in [0.25, 0.3) is 0 Å². The zero-order valence-electron chi connectivity index (χ0n) is 11.4. The fourth-order valence-corrected chi connectivity index (χ4v) is 2.82. The first-order valence-corrected chi connectivity index (χ1v) is 8.17. The van der Waals surface area contributed by atoms with Gasteiger partial charge in [-0.15, -0.1) is 11.8 Å². The van der Waals surface area contributed by atoms with E-state index in [1.165, 1.54) is 24.2 Å². The van der Waals surface area contributed by atoms with Gasteiger partial charge in [-0.3, -0.25) is 0 Å². The lowest BCUT2D eigenvalue weighted by Crippen LogP contribution is -2.42. The van der Waals surface area contributed by atoms with E-state index < -0.39 is 0 Å². The summed E-state index contributed by atoms with van der Waals surface area (Å²) < 4.78 is 0. The van der Waals surface area contributed by atoms with E-state index in [0.717, 1.165) is 18.4 Å². The van der Waals surface area contributed by atoms with Crippen molar-refractivity contribution in [3.63, 3.8) is 0 Å². The van der Waals surface area contributed by atoms with Crippen molar-refractivity contribution in [1.82, 2.24) is 10.6 Å². The highest BCUT2D eigenvalue weighted by atomic mass is 32.2. The second kappa shape index (κ2) is 7.43. The van der Waals surface area contributed by atoms with E-state index in [4.69, 9.17) is 0 Å². The van der Waals surface area contributed by atoms with Crippen molar-refractivity contribution in [1.29, 1.82) is 0 Å². The van der Waals surface area contributed by atoms with Crippen LogP contribution in [-0.4, -0.2) is 18.3 Å². The lowest BCUT2D eigenvalue weighted by Gasteiger charge is -2.22. The summed E-state index contributed by atoms with van der Waals surface area (Å²) in [6.45, 7) is 0.590. The van der Waals surface area contributed by atoms with Gasteiger partial charge < -0.3 is 10.6 Å². The minimum Gasteiger partial charge on any atom is -0.335 e. The highest BCUT2D eigenvalue weighted by molar-refractivity contribution is 7.98. The van der Waals surface area contributed by atoms with Crippen molar-refractivity contribution < 1.29 is 4.79 Å². The predicted molar refractivity (Wildman–Crippen MR) is 80.5 cm³/mol. The molecule has 1 saturated carbocycles. The fourth-order valence-electron chi connectivity index (χ4n) is 2.41. The van der Waals surface area contributed by atoms with E-state index in [0.29, 0.717) is 12.6 Å². The Morgan fingerprint density at radius 2 is 1.89 bits per heavy atom. The molecule has 0 spiro atoms. The monoisotopic (exact) mass is 278 g/mol. The van der Waals surface area contributed by atoms with Gasteiger partial charge in [-0.25, -0.2) is 4.79 Å². The zero-order valence-corrected chi connectivity index (χ0v) is 12.3. The quantitative estimate of drug-likeness (QED) is 0.827. The Morgan fingerprint density at radius 1 is 1.21 bits per heavy atom. The van der Waals surface area contributed by atoms with Crippen molar-refractivity contribution in [2.24, 2.45) is 0 Å². The highest BCUT2D eigenvalue weighted by Gasteiger charge is 2.15. The van der Waals surface area contributed by atoms with Gasteiger partial charge in [0.1, 0.15) is 0 Å². The van der Waals surface area contributed by atoms with Crippen molar-refractivity contribution >= 4 is 17.8 Å². The molecule has 0 saturated heterocycles. The molecule has 1 aliphatic carbocycles. The second-order valence-electron chi connectivity index (χ2n) is 5.01. The Kier molecular flexibility index (Phi) is 5.58. The standard InChI is InChI=1S/C15H22N2OS/c1-19-14-9-7-12(8-10-14)11-16-15(18)17-13-5-3-2-4-6-13/h7-10,13H,2-6,11H2,1H3,(H2,16,17,18). The van der Waals surface area contributed by atoms with Crippen LogP contribution < -0.4 is 10.6 Å². The normalized spacial score (nSPS) is 16.1. The smallest absolute Gasteiger partial charge is 0.315 e. The molecule has 0 atom stereocenters. The first-order chi connectivity index (χ1) is 9.28. The molecule has 2 N–H and O–H groups in total. The molecule has 0 radical (unpaired) electrons. The molecule has 2 amide bonds. The number of thioether (sulfide) groups is 1. The molecule has 0 aliphatic heterocycles. The van der Waals surface area contributed by atoms with E-state index in [1.54, 1.807) is 11.8 Å². The Hall–Kier alpha value is -1.16. The number of benzene rings is 1. The van der Waals surface area contributed by atoms with Gasteiger partial charge in [0.2, 0.25) is 0 Å². The molecule has 0 bridgehead atoms. The topological polar surface area (TPSA) is 41.1 Å². The second-order valence-corrected chi connectivity index (χ2v) is 5.89. The summed E-state index contributed by atoms with van der Waals surface area (Å²) in [7, 11) is 0. The van der Waals surface area contributed by atoms with Crippen molar-refractivity contribution in [3.8, 4) is 0 Å². The maximum absolute atomic E-state index is 11.8. The molecule has 1 aliphatic rings. The Morgan fingerprint density at radius 3 is 2.53 bits per heavy atom.